The molecule has 0 aliphatic heterocycles. The maximum Gasteiger partial charge on any atom is 0.334 e. The second-order valence-corrected chi connectivity index (χ2v) is 5.45. The average Bonchev–Trinajstić information content (AvgIpc) is 2.22. The SMILES string of the molecule is C=C(C)C(=O)OCC(NC(C)(C)C)OC(=O)C(=C)C. The molecule has 0 aliphatic carbocycles. The van der Waals surface area contributed by atoms with Crippen LogP contribution in [0.15, 0.2) is 24.3 Å². The molecule has 0 aromatic carbocycles. The van der Waals surface area contributed by atoms with E-state index in [-0.39, 0.29) is 17.7 Å². The third-order valence-corrected chi connectivity index (χ3v) is 1.91. The summed E-state index contributed by atoms with van der Waals surface area (Å²) in [6.45, 7) is 15.7. The fourth-order valence-corrected chi connectivity index (χ4v) is 1.09. The molecule has 5 heteroatoms. The first-order chi connectivity index (χ1) is 8.53. The van der Waals surface area contributed by atoms with Gasteiger partial charge in [0.1, 0.15) is 6.61 Å². The van der Waals surface area contributed by atoms with Gasteiger partial charge in [-0.15, -0.1) is 0 Å². The summed E-state index contributed by atoms with van der Waals surface area (Å²) in [7, 11) is 0. The lowest BCUT2D eigenvalue weighted by molar-refractivity contribution is -0.157. The van der Waals surface area contributed by atoms with Crippen molar-refractivity contribution in [2.75, 3.05) is 6.61 Å². The molecule has 0 spiro atoms. The fourth-order valence-electron chi connectivity index (χ4n) is 1.09. The van der Waals surface area contributed by atoms with E-state index in [0.29, 0.717) is 5.57 Å². The molecule has 0 saturated heterocycles. The van der Waals surface area contributed by atoms with Crippen LogP contribution >= 0.6 is 0 Å². The van der Waals surface area contributed by atoms with Gasteiger partial charge in [-0.05, 0) is 34.6 Å². The molecule has 108 valence electrons. The van der Waals surface area contributed by atoms with Crippen LogP contribution in [0.5, 0.6) is 0 Å². The number of rotatable bonds is 6. The van der Waals surface area contributed by atoms with E-state index >= 15 is 0 Å². The van der Waals surface area contributed by atoms with E-state index in [1.165, 1.54) is 0 Å². The molecule has 1 N–H and O–H groups in total. The third kappa shape index (κ3) is 8.15. The lowest BCUT2D eigenvalue weighted by atomic mass is 10.1. The Balaban J connectivity index is 4.59. The van der Waals surface area contributed by atoms with Crippen molar-refractivity contribution in [2.24, 2.45) is 0 Å². The summed E-state index contributed by atoms with van der Waals surface area (Å²) in [4.78, 5) is 22.8. The van der Waals surface area contributed by atoms with Crippen LogP contribution < -0.4 is 5.32 Å². The molecule has 0 aromatic heterocycles. The van der Waals surface area contributed by atoms with Gasteiger partial charge in [0.05, 0.1) is 0 Å². The lowest BCUT2D eigenvalue weighted by Crippen LogP contribution is -2.48. The van der Waals surface area contributed by atoms with Crippen LogP contribution in [0.3, 0.4) is 0 Å². The van der Waals surface area contributed by atoms with E-state index in [0.717, 1.165) is 0 Å². The zero-order valence-electron chi connectivity index (χ0n) is 12.3. The average molecular weight is 269 g/mol. The number of carbonyl (C=O) groups is 2. The summed E-state index contributed by atoms with van der Waals surface area (Å²) in [5.74, 6) is -1.06. The maximum absolute atomic E-state index is 11.5. The predicted molar refractivity (Wildman–Crippen MR) is 73.4 cm³/mol. The maximum atomic E-state index is 11.5. The van der Waals surface area contributed by atoms with Crippen molar-refractivity contribution >= 4 is 11.9 Å². The molecule has 0 fully saturated rings. The van der Waals surface area contributed by atoms with Gasteiger partial charge in [-0.1, -0.05) is 13.2 Å². The lowest BCUT2D eigenvalue weighted by Gasteiger charge is -2.28. The van der Waals surface area contributed by atoms with Crippen LogP contribution in [0.1, 0.15) is 34.6 Å². The first-order valence-corrected chi connectivity index (χ1v) is 5.99. The van der Waals surface area contributed by atoms with Crippen molar-refractivity contribution in [2.45, 2.75) is 46.4 Å². The van der Waals surface area contributed by atoms with Gasteiger partial charge in [-0.2, -0.15) is 0 Å². The van der Waals surface area contributed by atoms with Crippen molar-refractivity contribution in [1.29, 1.82) is 0 Å². The van der Waals surface area contributed by atoms with E-state index in [4.69, 9.17) is 9.47 Å². The Bertz CT molecular complexity index is 379. The summed E-state index contributed by atoms with van der Waals surface area (Å²) in [5, 5.41) is 3.05. The van der Waals surface area contributed by atoms with Crippen molar-refractivity contribution in [3.63, 3.8) is 0 Å². The topological polar surface area (TPSA) is 64.6 Å². The van der Waals surface area contributed by atoms with Crippen LogP contribution in [0, 0.1) is 0 Å². The minimum atomic E-state index is -0.729. The van der Waals surface area contributed by atoms with Gasteiger partial charge in [0, 0.05) is 16.7 Å². The number of nitrogens with one attached hydrogen (secondary N) is 1. The highest BCUT2D eigenvalue weighted by Crippen LogP contribution is 2.06. The van der Waals surface area contributed by atoms with Crippen molar-refractivity contribution < 1.29 is 19.1 Å². The minimum absolute atomic E-state index is 0.0814. The number of carbonyl (C=O) groups excluding carboxylic acids is 2. The van der Waals surface area contributed by atoms with Gasteiger partial charge in [0.15, 0.2) is 6.23 Å². The molecule has 0 heterocycles. The Morgan fingerprint density at radius 2 is 1.58 bits per heavy atom. The normalized spacial score (nSPS) is 12.5. The highest BCUT2D eigenvalue weighted by atomic mass is 16.6. The molecule has 0 rings (SSSR count). The minimum Gasteiger partial charge on any atom is -0.457 e. The molecular formula is C14H23NO4. The number of hydrogen-bond acceptors (Lipinski definition) is 5. The summed E-state index contributed by atoms with van der Waals surface area (Å²) >= 11 is 0. The smallest absolute Gasteiger partial charge is 0.334 e. The highest BCUT2D eigenvalue weighted by molar-refractivity contribution is 5.87. The molecule has 5 nitrogen and oxygen atoms in total. The van der Waals surface area contributed by atoms with Gasteiger partial charge >= 0.3 is 11.9 Å². The standard InChI is InChI=1S/C14H23NO4/c1-9(2)12(16)18-8-11(15-14(5,6)7)19-13(17)10(3)4/h11,15H,1,3,8H2,2,4-7H3. The second kappa shape index (κ2) is 7.09. The molecule has 0 aromatic rings. The van der Waals surface area contributed by atoms with Crippen LogP contribution in [-0.2, 0) is 19.1 Å². The molecular weight excluding hydrogens is 246 g/mol. The Labute approximate surface area is 114 Å². The summed E-state index contributed by atoms with van der Waals surface area (Å²) in [6.07, 6.45) is -0.729. The van der Waals surface area contributed by atoms with Crippen molar-refractivity contribution in [3.8, 4) is 0 Å². The number of esters is 2. The molecule has 0 bridgehead atoms. The van der Waals surface area contributed by atoms with Crippen LogP contribution in [-0.4, -0.2) is 30.3 Å². The molecule has 1 atom stereocenters. The number of ether oxygens (including phenoxy) is 2. The van der Waals surface area contributed by atoms with Crippen molar-refractivity contribution in [3.05, 3.63) is 24.3 Å². The second-order valence-electron chi connectivity index (χ2n) is 5.45. The molecule has 0 amide bonds. The molecule has 0 aliphatic rings. The van der Waals surface area contributed by atoms with Gasteiger partial charge in [0.2, 0.25) is 0 Å². The quantitative estimate of drug-likeness (QED) is 0.453. The van der Waals surface area contributed by atoms with E-state index in [2.05, 4.69) is 18.5 Å². The Morgan fingerprint density at radius 3 is 1.95 bits per heavy atom. The largest absolute Gasteiger partial charge is 0.457 e. The van der Waals surface area contributed by atoms with Crippen LogP contribution in [0.2, 0.25) is 0 Å². The predicted octanol–water partition coefficient (Wildman–Crippen LogP) is 1.94. The van der Waals surface area contributed by atoms with E-state index < -0.39 is 18.2 Å². The van der Waals surface area contributed by atoms with Gasteiger partial charge in [-0.3, -0.25) is 5.32 Å². The Hall–Kier alpha value is -1.62. The van der Waals surface area contributed by atoms with E-state index in [1.54, 1.807) is 13.8 Å². The monoisotopic (exact) mass is 269 g/mol. The summed E-state index contributed by atoms with van der Waals surface area (Å²) < 4.78 is 10.1. The zero-order valence-corrected chi connectivity index (χ0v) is 12.3. The Kier molecular flexibility index (Phi) is 6.48. The third-order valence-electron chi connectivity index (χ3n) is 1.91. The highest BCUT2D eigenvalue weighted by Gasteiger charge is 2.22. The van der Waals surface area contributed by atoms with Crippen molar-refractivity contribution in [1.82, 2.24) is 5.32 Å². The van der Waals surface area contributed by atoms with E-state index in [1.807, 2.05) is 20.8 Å². The molecule has 19 heavy (non-hydrogen) atoms. The molecule has 1 unspecified atom stereocenters. The fraction of sp³-hybridized carbons (Fsp3) is 0.571. The van der Waals surface area contributed by atoms with Crippen LogP contribution in [0.4, 0.5) is 0 Å². The molecule has 0 saturated carbocycles. The summed E-state index contributed by atoms with van der Waals surface area (Å²) in [6, 6.07) is 0. The zero-order chi connectivity index (χ0) is 15.2. The summed E-state index contributed by atoms with van der Waals surface area (Å²) in [5.41, 5.74) is 0.281. The molecule has 0 radical (unpaired) electrons. The number of hydrogen-bond donors (Lipinski definition) is 1. The van der Waals surface area contributed by atoms with Gasteiger partial charge in [0.25, 0.3) is 0 Å². The van der Waals surface area contributed by atoms with E-state index in [9.17, 15) is 9.59 Å². The van der Waals surface area contributed by atoms with Gasteiger partial charge < -0.3 is 9.47 Å². The Morgan fingerprint density at radius 1 is 1.11 bits per heavy atom. The first-order valence-electron chi connectivity index (χ1n) is 5.99. The van der Waals surface area contributed by atoms with Gasteiger partial charge in [-0.25, -0.2) is 9.59 Å². The van der Waals surface area contributed by atoms with Crippen LogP contribution in [0.25, 0.3) is 0 Å². The first kappa shape index (κ1) is 17.4.